The molecular formula is C31H39N5O. The maximum absolute atomic E-state index is 11.8. The second-order valence-electron chi connectivity index (χ2n) is 10.9. The zero-order valence-electron chi connectivity index (χ0n) is 22.6. The normalized spacial score (nSPS) is 20.1. The molecule has 2 unspecified atom stereocenters. The lowest BCUT2D eigenvalue weighted by Gasteiger charge is -2.35. The fourth-order valence-electron chi connectivity index (χ4n) is 6.15. The van der Waals surface area contributed by atoms with Gasteiger partial charge in [-0.3, -0.25) is 4.79 Å². The Morgan fingerprint density at radius 3 is 2.41 bits per heavy atom. The van der Waals surface area contributed by atoms with Gasteiger partial charge in [-0.15, -0.1) is 0 Å². The summed E-state index contributed by atoms with van der Waals surface area (Å²) in [6.45, 7) is 10.9. The zero-order chi connectivity index (χ0) is 26.1. The first kappa shape index (κ1) is 25.4. The first-order valence-corrected chi connectivity index (χ1v) is 13.6. The number of nitrogens with zero attached hydrogens (tertiary/aromatic N) is 3. The summed E-state index contributed by atoms with van der Waals surface area (Å²) in [6.07, 6.45) is 3.85. The minimum Gasteiger partial charge on any atom is -0.369 e. The van der Waals surface area contributed by atoms with E-state index in [1.54, 1.807) is 0 Å². The van der Waals surface area contributed by atoms with Crippen molar-refractivity contribution in [3.63, 3.8) is 0 Å². The lowest BCUT2D eigenvalue weighted by molar-refractivity contribution is -0.122. The van der Waals surface area contributed by atoms with Crippen molar-refractivity contribution >= 4 is 11.7 Å². The first-order valence-electron chi connectivity index (χ1n) is 13.6. The Balaban J connectivity index is 1.51. The van der Waals surface area contributed by atoms with Crippen LogP contribution in [-0.2, 0) is 17.8 Å². The molecule has 0 bridgehead atoms. The highest BCUT2D eigenvalue weighted by Gasteiger charge is 2.29. The van der Waals surface area contributed by atoms with Crippen LogP contribution in [0.5, 0.6) is 0 Å². The van der Waals surface area contributed by atoms with Gasteiger partial charge in [0.25, 0.3) is 0 Å². The van der Waals surface area contributed by atoms with E-state index in [4.69, 9.17) is 15.7 Å². The second kappa shape index (κ2) is 10.6. The molecule has 3 N–H and O–H groups in total. The van der Waals surface area contributed by atoms with E-state index in [0.29, 0.717) is 18.5 Å². The first-order chi connectivity index (χ1) is 17.8. The highest BCUT2D eigenvalue weighted by molar-refractivity contribution is 5.77. The van der Waals surface area contributed by atoms with E-state index in [9.17, 15) is 4.79 Å². The number of benzene rings is 2. The minimum atomic E-state index is -0.193. The monoisotopic (exact) mass is 497 g/mol. The van der Waals surface area contributed by atoms with Crippen LogP contribution in [0.2, 0.25) is 0 Å². The van der Waals surface area contributed by atoms with Crippen LogP contribution in [0.1, 0.15) is 65.7 Å². The molecular weight excluding hydrogens is 458 g/mol. The van der Waals surface area contributed by atoms with Crippen LogP contribution in [-0.4, -0.2) is 29.0 Å². The standard InChI is InChI=1S/C31H39N5O/c1-19-8-7-9-20(2)27(19)30-34-22(4)26(31(35-30)36-16-14-24(15-17-36)29(32)37)18-33-28-21(3)12-13-23-10-5-6-11-25(23)28/h5-11,21,24,28,33H,12-18H2,1-4H3,(H2,32,37). The van der Waals surface area contributed by atoms with E-state index < -0.39 is 0 Å². The van der Waals surface area contributed by atoms with Gasteiger partial charge in [0.05, 0.1) is 0 Å². The van der Waals surface area contributed by atoms with Crippen LogP contribution in [0.4, 0.5) is 5.82 Å². The zero-order valence-corrected chi connectivity index (χ0v) is 22.6. The summed E-state index contributed by atoms with van der Waals surface area (Å²) in [6, 6.07) is 15.4. The molecule has 2 aliphatic rings. The molecule has 2 heterocycles. The Labute approximate surface area is 220 Å². The van der Waals surface area contributed by atoms with Gasteiger partial charge in [0.15, 0.2) is 5.82 Å². The van der Waals surface area contributed by atoms with E-state index in [1.807, 2.05) is 0 Å². The van der Waals surface area contributed by atoms with Crippen LogP contribution in [0, 0.1) is 32.6 Å². The van der Waals surface area contributed by atoms with E-state index >= 15 is 0 Å². The van der Waals surface area contributed by atoms with Crippen LogP contribution >= 0.6 is 0 Å². The Morgan fingerprint density at radius 1 is 1.00 bits per heavy atom. The molecule has 1 aliphatic carbocycles. The Hall–Kier alpha value is -3.25. The van der Waals surface area contributed by atoms with Gasteiger partial charge in [0.2, 0.25) is 5.91 Å². The van der Waals surface area contributed by atoms with Crippen molar-refractivity contribution in [3.8, 4) is 11.4 Å². The summed E-state index contributed by atoms with van der Waals surface area (Å²) in [5.74, 6) is 2.07. The van der Waals surface area contributed by atoms with Gasteiger partial charge in [-0.2, -0.15) is 0 Å². The maximum atomic E-state index is 11.8. The third kappa shape index (κ3) is 5.12. The molecule has 5 rings (SSSR count). The van der Waals surface area contributed by atoms with Crippen molar-refractivity contribution in [1.29, 1.82) is 0 Å². The van der Waals surface area contributed by atoms with Crippen LogP contribution in [0.15, 0.2) is 42.5 Å². The number of rotatable bonds is 6. The number of primary amides is 1. The highest BCUT2D eigenvalue weighted by Crippen LogP contribution is 2.36. The summed E-state index contributed by atoms with van der Waals surface area (Å²) >= 11 is 0. The predicted molar refractivity (Wildman–Crippen MR) is 149 cm³/mol. The molecule has 6 heteroatoms. The minimum absolute atomic E-state index is 0.0570. The average Bonchev–Trinajstić information content (AvgIpc) is 2.88. The lowest BCUT2D eigenvalue weighted by Crippen LogP contribution is -2.40. The molecule has 0 saturated carbocycles. The Morgan fingerprint density at radius 2 is 1.70 bits per heavy atom. The number of hydrogen-bond acceptors (Lipinski definition) is 5. The molecule has 1 aliphatic heterocycles. The largest absolute Gasteiger partial charge is 0.369 e. The molecule has 0 radical (unpaired) electrons. The molecule has 6 nitrogen and oxygen atoms in total. The topological polar surface area (TPSA) is 84.1 Å². The van der Waals surface area contributed by atoms with E-state index in [0.717, 1.165) is 60.8 Å². The number of hydrogen-bond donors (Lipinski definition) is 2. The van der Waals surface area contributed by atoms with Crippen molar-refractivity contribution in [2.45, 2.75) is 66.0 Å². The van der Waals surface area contributed by atoms with Gasteiger partial charge in [0, 0.05) is 48.4 Å². The fraction of sp³-hybridized carbons (Fsp3) is 0.452. The molecule has 1 saturated heterocycles. The molecule has 0 spiro atoms. The third-order valence-corrected chi connectivity index (χ3v) is 8.42. The molecule has 2 atom stereocenters. The number of nitrogens with one attached hydrogen (secondary N) is 1. The highest BCUT2D eigenvalue weighted by atomic mass is 16.1. The molecule has 1 aromatic heterocycles. The number of aromatic nitrogens is 2. The number of carbonyl (C=O) groups excluding carboxylic acids is 1. The second-order valence-corrected chi connectivity index (χ2v) is 10.9. The fourth-order valence-corrected chi connectivity index (χ4v) is 6.15. The molecule has 1 amide bonds. The SMILES string of the molecule is Cc1cccc(C)c1-c1nc(C)c(CNC2c3ccccc3CCC2C)c(N2CCC(C(N)=O)CC2)n1. The average molecular weight is 498 g/mol. The summed E-state index contributed by atoms with van der Waals surface area (Å²) in [7, 11) is 0. The van der Waals surface area contributed by atoms with Crippen molar-refractivity contribution in [2.75, 3.05) is 18.0 Å². The molecule has 37 heavy (non-hydrogen) atoms. The smallest absolute Gasteiger partial charge is 0.220 e. The van der Waals surface area contributed by atoms with Crippen LogP contribution in [0.25, 0.3) is 11.4 Å². The van der Waals surface area contributed by atoms with Crippen molar-refractivity contribution in [3.05, 3.63) is 76.0 Å². The van der Waals surface area contributed by atoms with Gasteiger partial charge in [0.1, 0.15) is 5.82 Å². The van der Waals surface area contributed by atoms with Crippen LogP contribution < -0.4 is 16.0 Å². The Bertz CT molecular complexity index is 1270. The Kier molecular flexibility index (Phi) is 7.29. The molecule has 1 fully saturated rings. The van der Waals surface area contributed by atoms with Gasteiger partial charge >= 0.3 is 0 Å². The number of nitrogens with two attached hydrogens (primary N) is 1. The number of carbonyl (C=O) groups is 1. The quantitative estimate of drug-likeness (QED) is 0.490. The van der Waals surface area contributed by atoms with Crippen LogP contribution in [0.3, 0.4) is 0 Å². The third-order valence-electron chi connectivity index (χ3n) is 8.42. The maximum Gasteiger partial charge on any atom is 0.220 e. The number of amides is 1. The number of aryl methyl sites for hydroxylation is 4. The van der Waals surface area contributed by atoms with Gasteiger partial charge < -0.3 is 16.0 Å². The van der Waals surface area contributed by atoms with Crippen molar-refractivity contribution in [2.24, 2.45) is 17.6 Å². The summed E-state index contributed by atoms with van der Waals surface area (Å²) in [5, 5.41) is 3.89. The van der Waals surface area contributed by atoms with Crippen molar-refractivity contribution < 1.29 is 4.79 Å². The van der Waals surface area contributed by atoms with E-state index in [2.05, 4.69) is 80.4 Å². The summed E-state index contributed by atoms with van der Waals surface area (Å²) in [5.41, 5.74) is 14.1. The predicted octanol–water partition coefficient (Wildman–Crippen LogP) is 5.18. The van der Waals surface area contributed by atoms with E-state index in [1.165, 1.54) is 28.7 Å². The summed E-state index contributed by atoms with van der Waals surface area (Å²) < 4.78 is 0. The lowest BCUT2D eigenvalue weighted by atomic mass is 9.80. The van der Waals surface area contributed by atoms with E-state index in [-0.39, 0.29) is 11.8 Å². The van der Waals surface area contributed by atoms with Crippen molar-refractivity contribution in [1.82, 2.24) is 15.3 Å². The molecule has 194 valence electrons. The number of fused-ring (bicyclic) bond motifs is 1. The number of piperidine rings is 1. The molecule has 2 aromatic carbocycles. The molecule has 3 aromatic rings. The summed E-state index contributed by atoms with van der Waals surface area (Å²) in [4.78, 5) is 24.4. The van der Waals surface area contributed by atoms with Gasteiger partial charge in [-0.25, -0.2) is 9.97 Å². The van der Waals surface area contributed by atoms with Gasteiger partial charge in [-0.1, -0.05) is 49.4 Å². The number of anilines is 1. The van der Waals surface area contributed by atoms with Gasteiger partial charge in [-0.05, 0) is 74.6 Å².